The van der Waals surface area contributed by atoms with Crippen LogP contribution in [0, 0.1) is 51.8 Å². The van der Waals surface area contributed by atoms with Crippen LogP contribution < -0.4 is 0 Å². The van der Waals surface area contributed by atoms with E-state index < -0.39 is 0 Å². The molecule has 0 heterocycles. The van der Waals surface area contributed by atoms with Crippen LogP contribution >= 0.6 is 0 Å². The van der Waals surface area contributed by atoms with Crippen molar-refractivity contribution < 1.29 is 14.3 Å². The molecule has 0 aromatic heterocycles. The first-order chi connectivity index (χ1) is 14.1. The van der Waals surface area contributed by atoms with E-state index in [1.165, 1.54) is 45.6 Å². The van der Waals surface area contributed by atoms with E-state index in [0.717, 1.165) is 24.2 Å². The highest BCUT2D eigenvalue weighted by Crippen LogP contribution is 2.69. The lowest BCUT2D eigenvalue weighted by atomic mass is 9.42. The van der Waals surface area contributed by atoms with Gasteiger partial charge in [0.15, 0.2) is 5.78 Å². The largest absolute Gasteiger partial charge is 0.469 e. The van der Waals surface area contributed by atoms with E-state index in [4.69, 9.17) is 4.74 Å². The van der Waals surface area contributed by atoms with E-state index >= 15 is 0 Å². The molecule has 3 nitrogen and oxygen atoms in total. The number of carbonyl (C=O) groups is 2. The smallest absolute Gasteiger partial charge is 0.305 e. The van der Waals surface area contributed by atoms with Crippen molar-refractivity contribution in [2.24, 2.45) is 51.8 Å². The molecule has 0 N–H and O–H groups in total. The summed E-state index contributed by atoms with van der Waals surface area (Å²) in [4.78, 5) is 24.3. The van der Waals surface area contributed by atoms with Crippen molar-refractivity contribution in [3.05, 3.63) is 12.2 Å². The maximum Gasteiger partial charge on any atom is 0.305 e. The summed E-state index contributed by atoms with van der Waals surface area (Å²) in [6, 6.07) is 0. The van der Waals surface area contributed by atoms with E-state index in [1.54, 1.807) is 0 Å². The van der Waals surface area contributed by atoms with Gasteiger partial charge < -0.3 is 4.74 Å². The molecular formula is C27H42O3. The van der Waals surface area contributed by atoms with Crippen LogP contribution in [0.1, 0.15) is 86.0 Å². The molecule has 3 heteroatoms. The van der Waals surface area contributed by atoms with Gasteiger partial charge in [-0.05, 0) is 97.4 Å². The minimum atomic E-state index is -0.226. The number of allylic oxidation sites excluding steroid dienone is 2. The fraction of sp³-hybridized carbons (Fsp3) is 0.852. The third kappa shape index (κ3) is 3.13. The molecule has 0 aromatic carbocycles. The number of carbonyl (C=O) groups excluding carboxylic acids is 2. The number of fused-ring (bicyclic) bond motifs is 5. The van der Waals surface area contributed by atoms with Gasteiger partial charge in [-0.15, -0.1) is 0 Å². The Balaban J connectivity index is 1.55. The molecule has 0 aromatic rings. The van der Waals surface area contributed by atoms with E-state index in [9.17, 15) is 9.59 Å². The van der Waals surface area contributed by atoms with Crippen LogP contribution in [0.4, 0.5) is 0 Å². The molecule has 0 spiro atoms. The van der Waals surface area contributed by atoms with Crippen molar-refractivity contribution in [1.82, 2.24) is 0 Å². The minimum Gasteiger partial charge on any atom is -0.469 e. The van der Waals surface area contributed by atoms with Crippen LogP contribution in [0.25, 0.3) is 0 Å². The number of esters is 1. The monoisotopic (exact) mass is 414 g/mol. The summed E-state index contributed by atoms with van der Waals surface area (Å²) in [5, 5.41) is 0. The predicted molar refractivity (Wildman–Crippen MR) is 120 cm³/mol. The minimum absolute atomic E-state index is 0.0715. The van der Waals surface area contributed by atoms with Crippen LogP contribution in [0.5, 0.6) is 0 Å². The summed E-state index contributed by atoms with van der Waals surface area (Å²) in [5.41, 5.74) is 0.343. The van der Waals surface area contributed by atoms with Crippen molar-refractivity contribution in [3.63, 3.8) is 0 Å². The molecule has 0 amide bonds. The first-order valence-electron chi connectivity index (χ1n) is 12.4. The zero-order valence-electron chi connectivity index (χ0n) is 20.0. The molecule has 4 aliphatic carbocycles. The number of ether oxygens (including phenoxy) is 1. The van der Waals surface area contributed by atoms with E-state index in [2.05, 4.69) is 40.7 Å². The van der Waals surface area contributed by atoms with Crippen molar-refractivity contribution in [2.45, 2.75) is 86.0 Å². The topological polar surface area (TPSA) is 43.4 Å². The van der Waals surface area contributed by atoms with Crippen molar-refractivity contribution >= 4 is 11.8 Å². The number of hydrogen-bond acceptors (Lipinski definition) is 3. The Hall–Kier alpha value is -1.12. The van der Waals surface area contributed by atoms with Gasteiger partial charge in [0.05, 0.1) is 7.11 Å². The Bertz CT molecular complexity index is 736. The first-order valence-corrected chi connectivity index (χ1v) is 12.4. The molecule has 0 unspecified atom stereocenters. The normalized spacial score (nSPS) is 45.3. The summed E-state index contributed by atoms with van der Waals surface area (Å²) in [5.74, 6) is 4.33. The lowest BCUT2D eigenvalue weighted by Crippen LogP contribution is -2.56. The highest BCUT2D eigenvalue weighted by atomic mass is 16.5. The predicted octanol–water partition coefficient (Wildman–Crippen LogP) is 6.22. The maximum absolute atomic E-state index is 12.6. The highest BCUT2D eigenvalue weighted by Gasteiger charge is 2.62. The second kappa shape index (κ2) is 7.48. The first kappa shape index (κ1) is 22.1. The molecule has 30 heavy (non-hydrogen) atoms. The van der Waals surface area contributed by atoms with Gasteiger partial charge in [-0.25, -0.2) is 0 Å². The maximum atomic E-state index is 12.6. The molecule has 0 radical (unpaired) electrons. The lowest BCUT2D eigenvalue weighted by Gasteiger charge is -2.61. The molecule has 0 saturated heterocycles. The molecule has 0 aliphatic heterocycles. The highest BCUT2D eigenvalue weighted by molar-refractivity contribution is 5.95. The van der Waals surface area contributed by atoms with Crippen LogP contribution in [0.2, 0.25) is 0 Å². The third-order valence-electron chi connectivity index (χ3n) is 10.7. The quantitative estimate of drug-likeness (QED) is 0.513. The Kier molecular flexibility index (Phi) is 5.51. The van der Waals surface area contributed by atoms with Crippen LogP contribution in [-0.4, -0.2) is 18.9 Å². The third-order valence-corrected chi connectivity index (χ3v) is 10.7. The summed E-state index contributed by atoms with van der Waals surface area (Å²) >= 11 is 0. The fourth-order valence-electron chi connectivity index (χ4n) is 9.03. The zero-order valence-corrected chi connectivity index (χ0v) is 20.0. The van der Waals surface area contributed by atoms with Gasteiger partial charge in [0.2, 0.25) is 0 Å². The molecule has 0 bridgehead atoms. The lowest BCUT2D eigenvalue weighted by molar-refractivity contribution is -0.142. The Labute approximate surface area is 183 Å². The van der Waals surface area contributed by atoms with E-state index in [-0.39, 0.29) is 16.8 Å². The standard InChI is InChI=1S/C27H42O3/c1-17(7-12-24(29)30-6)19-9-10-20-18-8-11-22-25(2,3)23(28)14-16-27(22,5)21(18)13-15-26(19,20)4/h14,16-22H,7-13,15H2,1-6H3/t17-,18+,19-,20+,21+,22-,26-,27-/m1/s1. The Morgan fingerprint density at radius 2 is 1.83 bits per heavy atom. The van der Waals surface area contributed by atoms with Gasteiger partial charge in [0, 0.05) is 11.8 Å². The molecule has 3 fully saturated rings. The van der Waals surface area contributed by atoms with E-state index in [0.29, 0.717) is 35.4 Å². The Morgan fingerprint density at radius 1 is 1.10 bits per heavy atom. The average molecular weight is 415 g/mol. The zero-order chi connectivity index (χ0) is 21.9. The molecule has 8 atom stereocenters. The molecule has 168 valence electrons. The van der Waals surface area contributed by atoms with Gasteiger partial charge in [-0.2, -0.15) is 0 Å². The SMILES string of the molecule is COC(=O)CC[C@@H](C)[C@H]1CC[C@H]2[C@@H]3CC[C@@H]4C(C)(C)C(=O)C=C[C@]4(C)[C@H]3CC[C@]12C. The number of methoxy groups -OCH3 is 1. The van der Waals surface area contributed by atoms with Crippen molar-refractivity contribution in [2.75, 3.05) is 7.11 Å². The number of hydrogen-bond donors (Lipinski definition) is 0. The van der Waals surface area contributed by atoms with Crippen LogP contribution in [-0.2, 0) is 14.3 Å². The number of ketones is 1. The van der Waals surface area contributed by atoms with Crippen LogP contribution in [0.3, 0.4) is 0 Å². The van der Waals surface area contributed by atoms with Gasteiger partial charge in [-0.3, -0.25) is 9.59 Å². The van der Waals surface area contributed by atoms with Crippen LogP contribution in [0.15, 0.2) is 12.2 Å². The summed E-state index contributed by atoms with van der Waals surface area (Å²) in [6.07, 6.45) is 13.5. The van der Waals surface area contributed by atoms with Gasteiger partial charge in [0.25, 0.3) is 0 Å². The molecular weight excluding hydrogens is 372 g/mol. The summed E-state index contributed by atoms with van der Waals surface area (Å²) < 4.78 is 4.88. The van der Waals surface area contributed by atoms with Gasteiger partial charge in [0.1, 0.15) is 0 Å². The summed E-state index contributed by atoms with van der Waals surface area (Å²) in [7, 11) is 1.49. The second-order valence-corrected chi connectivity index (χ2v) is 12.1. The van der Waals surface area contributed by atoms with E-state index in [1.807, 2.05) is 6.08 Å². The summed E-state index contributed by atoms with van der Waals surface area (Å²) in [6.45, 7) is 11.8. The Morgan fingerprint density at radius 3 is 2.53 bits per heavy atom. The second-order valence-electron chi connectivity index (χ2n) is 12.1. The fourth-order valence-corrected chi connectivity index (χ4v) is 9.03. The average Bonchev–Trinajstić information content (AvgIpc) is 3.06. The van der Waals surface area contributed by atoms with Crippen molar-refractivity contribution in [1.29, 1.82) is 0 Å². The molecule has 4 aliphatic rings. The van der Waals surface area contributed by atoms with Gasteiger partial charge >= 0.3 is 5.97 Å². The molecule has 3 saturated carbocycles. The number of rotatable bonds is 4. The molecule has 4 rings (SSSR count). The van der Waals surface area contributed by atoms with Crippen molar-refractivity contribution in [3.8, 4) is 0 Å². The van der Waals surface area contributed by atoms with Gasteiger partial charge in [-0.1, -0.05) is 40.7 Å².